The highest BCUT2D eigenvalue weighted by molar-refractivity contribution is 6.22. The van der Waals surface area contributed by atoms with Gasteiger partial charge in [-0.1, -0.05) is 109 Å². The van der Waals surface area contributed by atoms with Crippen LogP contribution in [0, 0.1) is 11.6 Å². The minimum atomic E-state index is -0.588. The predicted molar refractivity (Wildman–Crippen MR) is 173 cm³/mol. The Morgan fingerprint density at radius 3 is 1.31 bits per heavy atom. The summed E-state index contributed by atoms with van der Waals surface area (Å²) in [4.78, 5) is 0. The van der Waals surface area contributed by atoms with Crippen LogP contribution in [-0.2, 0) is 0 Å². The number of fused-ring (bicyclic) bond motifs is 4. The summed E-state index contributed by atoms with van der Waals surface area (Å²) in [7, 11) is 0. The van der Waals surface area contributed by atoms with Crippen LogP contribution in [0.4, 0.5) is 8.78 Å². The van der Waals surface area contributed by atoms with E-state index in [1.807, 2.05) is 6.07 Å². The molecule has 0 bridgehead atoms. The summed E-state index contributed by atoms with van der Waals surface area (Å²) in [5, 5.41) is 9.13. The maximum atomic E-state index is 14.3. The molecular weight excluding hydrogens is 518 g/mol. The first-order chi connectivity index (χ1) is 20.6. The number of rotatable bonds is 3. The van der Waals surface area contributed by atoms with Crippen LogP contribution in [0.3, 0.4) is 0 Å². The van der Waals surface area contributed by atoms with Crippen LogP contribution >= 0.6 is 0 Å². The zero-order valence-corrected chi connectivity index (χ0v) is 22.6. The third-order valence-corrected chi connectivity index (χ3v) is 8.30. The molecule has 0 saturated carbocycles. The van der Waals surface area contributed by atoms with Crippen molar-refractivity contribution in [3.8, 4) is 33.4 Å². The normalized spacial score (nSPS) is 11.6. The fourth-order valence-electron chi connectivity index (χ4n) is 6.39. The van der Waals surface area contributed by atoms with Gasteiger partial charge < -0.3 is 0 Å². The third-order valence-electron chi connectivity index (χ3n) is 8.30. The topological polar surface area (TPSA) is 0 Å². The lowest BCUT2D eigenvalue weighted by Crippen LogP contribution is -1.92. The average Bonchev–Trinajstić information content (AvgIpc) is 3.02. The van der Waals surface area contributed by atoms with E-state index >= 15 is 0 Å². The molecule has 0 N–H and O–H groups in total. The number of benzene rings is 8. The Morgan fingerprint density at radius 2 is 0.738 bits per heavy atom. The van der Waals surface area contributed by atoms with Gasteiger partial charge in [0.05, 0.1) is 0 Å². The Morgan fingerprint density at radius 1 is 0.286 bits per heavy atom. The second kappa shape index (κ2) is 9.64. The van der Waals surface area contributed by atoms with Crippen LogP contribution in [0.25, 0.3) is 76.5 Å². The zero-order valence-electron chi connectivity index (χ0n) is 22.6. The van der Waals surface area contributed by atoms with Crippen LogP contribution in [-0.4, -0.2) is 0 Å². The Bertz CT molecular complexity index is 2310. The molecule has 8 aromatic rings. The molecule has 0 aromatic heterocycles. The van der Waals surface area contributed by atoms with E-state index in [1.54, 1.807) is 0 Å². The molecule has 42 heavy (non-hydrogen) atoms. The zero-order chi connectivity index (χ0) is 28.2. The van der Waals surface area contributed by atoms with Crippen LogP contribution in [0.2, 0.25) is 0 Å². The summed E-state index contributed by atoms with van der Waals surface area (Å²) in [6.45, 7) is 0. The fourth-order valence-corrected chi connectivity index (χ4v) is 6.39. The van der Waals surface area contributed by atoms with Gasteiger partial charge in [0.25, 0.3) is 0 Å². The summed E-state index contributed by atoms with van der Waals surface area (Å²) in [5.74, 6) is -1.18. The van der Waals surface area contributed by atoms with Crippen molar-refractivity contribution in [1.29, 1.82) is 0 Å². The Labute approximate surface area is 242 Å². The van der Waals surface area contributed by atoms with Gasteiger partial charge in [-0.2, -0.15) is 0 Å². The molecule has 0 aliphatic heterocycles. The number of hydrogen-bond donors (Lipinski definition) is 0. The summed E-state index contributed by atoms with van der Waals surface area (Å²) in [6, 6.07) is 48.3. The molecule has 0 fully saturated rings. The molecule has 0 aliphatic carbocycles. The summed E-state index contributed by atoms with van der Waals surface area (Å²) < 4.78 is 28.6. The van der Waals surface area contributed by atoms with Gasteiger partial charge in [-0.25, -0.2) is 8.78 Å². The van der Waals surface area contributed by atoms with E-state index in [0.717, 1.165) is 60.8 Å². The van der Waals surface area contributed by atoms with Crippen molar-refractivity contribution < 1.29 is 8.78 Å². The van der Waals surface area contributed by atoms with Crippen molar-refractivity contribution >= 4 is 43.1 Å². The lowest BCUT2D eigenvalue weighted by molar-refractivity contribution is 0.584. The molecule has 0 aliphatic rings. The first-order valence-corrected chi connectivity index (χ1v) is 14.1. The van der Waals surface area contributed by atoms with Gasteiger partial charge in [-0.3, -0.25) is 0 Å². The lowest BCUT2D eigenvalue weighted by atomic mass is 9.84. The molecule has 198 valence electrons. The third kappa shape index (κ3) is 4.03. The van der Waals surface area contributed by atoms with E-state index in [-0.39, 0.29) is 0 Å². The quantitative estimate of drug-likeness (QED) is 0.195. The van der Waals surface area contributed by atoms with Crippen molar-refractivity contribution in [1.82, 2.24) is 0 Å². The lowest BCUT2D eigenvalue weighted by Gasteiger charge is -2.19. The molecule has 0 spiro atoms. The first kappa shape index (κ1) is 24.5. The molecule has 2 heteroatoms. The maximum absolute atomic E-state index is 14.3. The van der Waals surface area contributed by atoms with Crippen molar-refractivity contribution in [2.24, 2.45) is 0 Å². The first-order valence-electron chi connectivity index (χ1n) is 14.1. The van der Waals surface area contributed by atoms with E-state index in [4.69, 9.17) is 0 Å². The van der Waals surface area contributed by atoms with Gasteiger partial charge in [0.1, 0.15) is 11.6 Å². The van der Waals surface area contributed by atoms with Gasteiger partial charge >= 0.3 is 0 Å². The molecule has 0 amide bonds. The molecule has 8 aromatic carbocycles. The van der Waals surface area contributed by atoms with Crippen LogP contribution in [0.15, 0.2) is 146 Å². The van der Waals surface area contributed by atoms with Gasteiger partial charge in [-0.15, -0.1) is 0 Å². The fraction of sp³-hybridized carbons (Fsp3) is 0. The van der Waals surface area contributed by atoms with E-state index in [9.17, 15) is 8.78 Å². The van der Waals surface area contributed by atoms with E-state index in [1.165, 1.54) is 28.3 Å². The summed E-state index contributed by atoms with van der Waals surface area (Å²) in [5.41, 5.74) is 5.76. The second-order valence-corrected chi connectivity index (χ2v) is 10.8. The van der Waals surface area contributed by atoms with E-state index in [0.29, 0.717) is 5.56 Å². The molecule has 0 nitrogen and oxygen atoms in total. The monoisotopic (exact) mass is 542 g/mol. The molecule has 0 unspecified atom stereocenters. The molecular formula is C40H24F2. The van der Waals surface area contributed by atoms with Gasteiger partial charge in [-0.05, 0) is 107 Å². The molecule has 0 atom stereocenters. The molecule has 0 heterocycles. The Balaban J connectivity index is 1.51. The number of halogens is 2. The van der Waals surface area contributed by atoms with Crippen LogP contribution in [0.5, 0.6) is 0 Å². The Kier molecular flexibility index (Phi) is 5.61. The molecule has 8 rings (SSSR count). The number of hydrogen-bond acceptors (Lipinski definition) is 0. The van der Waals surface area contributed by atoms with Crippen molar-refractivity contribution in [3.05, 3.63) is 157 Å². The van der Waals surface area contributed by atoms with Gasteiger partial charge in [0, 0.05) is 6.07 Å². The Hall–Kier alpha value is -5.34. The standard InChI is InChI=1S/C40H24F2/c41-33-21-32(22-34(42)24-33)29-17-18-37-38(23-29)40(31-16-14-26-8-2-4-10-28(26)20-31)36-12-6-5-11-35(36)39(37)30-15-13-25-7-1-3-9-27(25)19-30/h1-24H. The minimum absolute atomic E-state index is 0.513. The van der Waals surface area contributed by atoms with Gasteiger partial charge in [0.15, 0.2) is 0 Å². The molecule has 0 radical (unpaired) electrons. The second-order valence-electron chi connectivity index (χ2n) is 10.8. The highest BCUT2D eigenvalue weighted by atomic mass is 19.1. The van der Waals surface area contributed by atoms with Crippen molar-refractivity contribution in [2.75, 3.05) is 0 Å². The summed E-state index contributed by atoms with van der Waals surface area (Å²) >= 11 is 0. The van der Waals surface area contributed by atoms with Gasteiger partial charge in [0.2, 0.25) is 0 Å². The maximum Gasteiger partial charge on any atom is 0.126 e. The highest BCUT2D eigenvalue weighted by Crippen LogP contribution is 2.45. The van der Waals surface area contributed by atoms with Crippen LogP contribution < -0.4 is 0 Å². The van der Waals surface area contributed by atoms with Crippen molar-refractivity contribution in [3.63, 3.8) is 0 Å². The average molecular weight is 543 g/mol. The largest absolute Gasteiger partial charge is 0.207 e. The van der Waals surface area contributed by atoms with Crippen molar-refractivity contribution in [2.45, 2.75) is 0 Å². The minimum Gasteiger partial charge on any atom is -0.207 e. The SMILES string of the molecule is Fc1cc(F)cc(-c2ccc3c(-c4ccc5ccccc5c4)c4ccccc4c(-c4ccc5ccccc5c4)c3c2)c1. The highest BCUT2D eigenvalue weighted by Gasteiger charge is 2.18. The summed E-state index contributed by atoms with van der Waals surface area (Å²) in [6.07, 6.45) is 0. The molecule has 0 saturated heterocycles. The predicted octanol–water partition coefficient (Wildman–Crippen LogP) is 11.6. The van der Waals surface area contributed by atoms with Crippen LogP contribution in [0.1, 0.15) is 0 Å². The van der Waals surface area contributed by atoms with E-state index < -0.39 is 11.6 Å². The van der Waals surface area contributed by atoms with E-state index in [2.05, 4.69) is 121 Å². The smallest absolute Gasteiger partial charge is 0.126 e.